The maximum absolute atomic E-state index is 13.2. The van der Waals surface area contributed by atoms with Gasteiger partial charge in [0.15, 0.2) is 10.9 Å². The van der Waals surface area contributed by atoms with E-state index in [-0.39, 0.29) is 18.4 Å². The van der Waals surface area contributed by atoms with Gasteiger partial charge in [-0.05, 0) is 65.7 Å². The minimum atomic E-state index is -0.217. The molecule has 1 heterocycles. The molecule has 0 bridgehead atoms. The lowest BCUT2D eigenvalue weighted by molar-refractivity contribution is -0.123. The molecule has 6 nitrogen and oxygen atoms in total. The normalized spacial score (nSPS) is 13.9. The van der Waals surface area contributed by atoms with Crippen molar-refractivity contribution in [1.82, 2.24) is 5.32 Å². The van der Waals surface area contributed by atoms with Gasteiger partial charge in [-0.1, -0.05) is 84.6 Å². The number of hydrogen-bond acceptors (Lipinski definition) is 6. The fraction of sp³-hybridized carbons (Fsp3) is 0.0645. The van der Waals surface area contributed by atoms with Gasteiger partial charge in [0.25, 0.3) is 11.8 Å². The van der Waals surface area contributed by atoms with Crippen molar-refractivity contribution in [2.24, 2.45) is 0 Å². The van der Waals surface area contributed by atoms with Crippen LogP contribution in [0.25, 0.3) is 6.08 Å². The van der Waals surface area contributed by atoms with Crippen molar-refractivity contribution in [3.8, 4) is 17.2 Å². The number of hydrogen-bond donors (Lipinski definition) is 1. The summed E-state index contributed by atoms with van der Waals surface area (Å²) in [5.74, 6) is 1.51. The summed E-state index contributed by atoms with van der Waals surface area (Å²) in [5.41, 5.74) is 2.45. The Morgan fingerprint density at radius 1 is 0.846 bits per heavy atom. The van der Waals surface area contributed by atoms with Crippen LogP contribution in [0.4, 0.5) is 5.69 Å². The van der Waals surface area contributed by atoms with E-state index in [9.17, 15) is 9.59 Å². The Kier molecular flexibility index (Phi) is 8.36. The SMILES string of the molecule is O=C(COc1cccc(/C=C2\SC(=S)N(c3ccc(Oc4ccccc4)cc3)C2=O)c1)NCc1ccccc1. The summed E-state index contributed by atoms with van der Waals surface area (Å²) in [6.45, 7) is 0.329. The number of nitrogens with one attached hydrogen (secondary N) is 1. The molecule has 0 radical (unpaired) electrons. The van der Waals surface area contributed by atoms with Crippen LogP contribution in [0, 0.1) is 0 Å². The van der Waals surface area contributed by atoms with Crippen LogP contribution in [0.3, 0.4) is 0 Å². The maximum atomic E-state index is 13.2. The molecule has 194 valence electrons. The number of nitrogens with zero attached hydrogens (tertiary/aromatic N) is 1. The van der Waals surface area contributed by atoms with Crippen molar-refractivity contribution in [2.45, 2.75) is 6.54 Å². The summed E-state index contributed by atoms with van der Waals surface area (Å²) in [5, 5.41) is 2.84. The van der Waals surface area contributed by atoms with E-state index in [0.29, 0.717) is 33.0 Å². The molecule has 39 heavy (non-hydrogen) atoms. The third kappa shape index (κ3) is 6.93. The van der Waals surface area contributed by atoms with E-state index in [1.807, 2.05) is 84.9 Å². The monoisotopic (exact) mass is 552 g/mol. The first-order valence-electron chi connectivity index (χ1n) is 12.2. The quantitative estimate of drug-likeness (QED) is 0.187. The Labute approximate surface area is 236 Å². The smallest absolute Gasteiger partial charge is 0.270 e. The highest BCUT2D eigenvalue weighted by molar-refractivity contribution is 8.27. The van der Waals surface area contributed by atoms with Crippen molar-refractivity contribution in [2.75, 3.05) is 11.5 Å². The second-order valence-corrected chi connectivity index (χ2v) is 10.2. The summed E-state index contributed by atoms with van der Waals surface area (Å²) in [6, 6.07) is 33.6. The molecule has 1 aliphatic heterocycles. The van der Waals surface area contributed by atoms with Gasteiger partial charge < -0.3 is 14.8 Å². The van der Waals surface area contributed by atoms with E-state index in [1.165, 1.54) is 16.7 Å². The third-order valence-electron chi connectivity index (χ3n) is 5.73. The number of benzene rings is 4. The molecule has 1 saturated heterocycles. The van der Waals surface area contributed by atoms with Crippen molar-refractivity contribution in [3.05, 3.63) is 125 Å². The lowest BCUT2D eigenvalue weighted by Crippen LogP contribution is -2.28. The minimum absolute atomic E-state index is 0.109. The number of amides is 2. The second kappa shape index (κ2) is 12.4. The van der Waals surface area contributed by atoms with Crippen LogP contribution < -0.4 is 19.7 Å². The summed E-state index contributed by atoms with van der Waals surface area (Å²) in [4.78, 5) is 27.4. The van der Waals surface area contributed by atoms with Crippen LogP contribution in [0.2, 0.25) is 0 Å². The van der Waals surface area contributed by atoms with Crippen molar-refractivity contribution >= 4 is 51.9 Å². The highest BCUT2D eigenvalue weighted by Crippen LogP contribution is 2.37. The molecular formula is C31H24N2O4S2. The van der Waals surface area contributed by atoms with Crippen LogP contribution in [-0.4, -0.2) is 22.7 Å². The van der Waals surface area contributed by atoms with Crippen molar-refractivity contribution < 1.29 is 19.1 Å². The zero-order valence-corrected chi connectivity index (χ0v) is 22.4. The molecular weight excluding hydrogens is 528 g/mol. The highest BCUT2D eigenvalue weighted by Gasteiger charge is 2.33. The number of carbonyl (C=O) groups is 2. The number of thioether (sulfide) groups is 1. The third-order valence-corrected chi connectivity index (χ3v) is 7.03. The van der Waals surface area contributed by atoms with E-state index >= 15 is 0 Å². The Morgan fingerprint density at radius 2 is 1.51 bits per heavy atom. The molecule has 0 atom stereocenters. The van der Waals surface area contributed by atoms with Gasteiger partial charge in [0.2, 0.25) is 0 Å². The molecule has 1 aliphatic rings. The number of anilines is 1. The van der Waals surface area contributed by atoms with Gasteiger partial charge in [-0.2, -0.15) is 0 Å². The van der Waals surface area contributed by atoms with E-state index in [4.69, 9.17) is 21.7 Å². The average molecular weight is 553 g/mol. The average Bonchev–Trinajstić information content (AvgIpc) is 3.24. The van der Waals surface area contributed by atoms with Crippen molar-refractivity contribution in [1.29, 1.82) is 0 Å². The topological polar surface area (TPSA) is 67.9 Å². The van der Waals surface area contributed by atoms with E-state index in [1.54, 1.807) is 30.3 Å². The van der Waals surface area contributed by atoms with Crippen LogP contribution in [0.5, 0.6) is 17.2 Å². The molecule has 1 fully saturated rings. The molecule has 8 heteroatoms. The molecule has 5 rings (SSSR count). The molecule has 4 aromatic carbocycles. The Balaban J connectivity index is 1.20. The van der Waals surface area contributed by atoms with Crippen LogP contribution >= 0.6 is 24.0 Å². The number of carbonyl (C=O) groups excluding carboxylic acids is 2. The highest BCUT2D eigenvalue weighted by atomic mass is 32.2. The standard InChI is InChI=1S/C31H24N2O4S2/c34-29(32-20-22-8-3-1-4-9-22)21-36-27-13-7-10-23(18-27)19-28-30(35)33(31(38)39-28)24-14-16-26(17-15-24)37-25-11-5-2-6-12-25/h1-19H,20-21H2,(H,32,34)/b28-19-. The van der Waals surface area contributed by atoms with Gasteiger partial charge >= 0.3 is 0 Å². The largest absolute Gasteiger partial charge is 0.484 e. The van der Waals surface area contributed by atoms with Crippen molar-refractivity contribution in [3.63, 3.8) is 0 Å². The van der Waals surface area contributed by atoms with Gasteiger partial charge in [-0.25, -0.2) is 0 Å². The van der Waals surface area contributed by atoms with E-state index in [2.05, 4.69) is 5.32 Å². The Bertz CT molecular complexity index is 1510. The summed E-state index contributed by atoms with van der Waals surface area (Å²) in [7, 11) is 0. The van der Waals surface area contributed by atoms with Gasteiger partial charge in [0.1, 0.15) is 17.2 Å². The predicted octanol–water partition coefficient (Wildman–Crippen LogP) is 6.58. The fourth-order valence-electron chi connectivity index (χ4n) is 3.82. The Morgan fingerprint density at radius 3 is 2.26 bits per heavy atom. The lowest BCUT2D eigenvalue weighted by atomic mass is 10.2. The molecule has 0 aromatic heterocycles. The predicted molar refractivity (Wildman–Crippen MR) is 159 cm³/mol. The van der Waals surface area contributed by atoms with Gasteiger partial charge in [0, 0.05) is 6.54 Å². The number of rotatable bonds is 9. The summed E-state index contributed by atoms with van der Waals surface area (Å²) in [6.07, 6.45) is 1.77. The first-order chi connectivity index (χ1) is 19.0. The molecule has 0 spiro atoms. The van der Waals surface area contributed by atoms with Gasteiger partial charge in [-0.15, -0.1) is 0 Å². The Hall–Kier alpha value is -4.40. The van der Waals surface area contributed by atoms with Crippen LogP contribution in [0.1, 0.15) is 11.1 Å². The first kappa shape index (κ1) is 26.2. The fourth-order valence-corrected chi connectivity index (χ4v) is 5.12. The lowest BCUT2D eigenvalue weighted by Gasteiger charge is -2.15. The number of thiocarbonyl (C=S) groups is 1. The van der Waals surface area contributed by atoms with Crippen LogP contribution in [-0.2, 0) is 16.1 Å². The summed E-state index contributed by atoms with van der Waals surface area (Å²) < 4.78 is 12.0. The zero-order chi connectivity index (χ0) is 27.0. The minimum Gasteiger partial charge on any atom is -0.484 e. The molecule has 4 aromatic rings. The first-order valence-corrected chi connectivity index (χ1v) is 13.4. The molecule has 0 unspecified atom stereocenters. The molecule has 2 amide bonds. The van der Waals surface area contributed by atoms with Gasteiger partial charge in [0.05, 0.1) is 10.6 Å². The van der Waals surface area contributed by atoms with Gasteiger partial charge in [-0.3, -0.25) is 14.5 Å². The zero-order valence-electron chi connectivity index (χ0n) is 20.8. The van der Waals surface area contributed by atoms with E-state index < -0.39 is 0 Å². The molecule has 0 saturated carbocycles. The van der Waals surface area contributed by atoms with Crippen LogP contribution in [0.15, 0.2) is 114 Å². The van der Waals surface area contributed by atoms with E-state index in [0.717, 1.165) is 16.9 Å². The maximum Gasteiger partial charge on any atom is 0.270 e. The number of para-hydroxylation sites is 1. The number of ether oxygens (including phenoxy) is 2. The molecule has 0 aliphatic carbocycles. The summed E-state index contributed by atoms with van der Waals surface area (Å²) >= 11 is 6.75. The molecule has 1 N–H and O–H groups in total. The second-order valence-electron chi connectivity index (χ2n) is 8.55.